The van der Waals surface area contributed by atoms with Gasteiger partial charge in [-0.1, -0.05) is 48.5 Å². The molecule has 0 aliphatic heterocycles. The first kappa shape index (κ1) is 11.7. The van der Waals surface area contributed by atoms with Gasteiger partial charge in [0.25, 0.3) is 0 Å². The van der Waals surface area contributed by atoms with Crippen LogP contribution in [0.3, 0.4) is 0 Å². The molecule has 6 atom stereocenters. The van der Waals surface area contributed by atoms with E-state index in [1.165, 1.54) is 12.0 Å². The summed E-state index contributed by atoms with van der Waals surface area (Å²) in [6, 6.07) is 21.6. The second-order valence-electron chi connectivity index (χ2n) is 6.70. The average Bonchev–Trinajstić information content (AvgIpc) is 2.89. The van der Waals surface area contributed by atoms with Crippen LogP contribution in [-0.4, -0.2) is 6.04 Å². The van der Waals surface area contributed by atoms with Crippen molar-refractivity contribution in [1.82, 2.24) is 0 Å². The normalized spacial score (nSPS) is 39.0. The lowest BCUT2D eigenvalue weighted by molar-refractivity contribution is 0.466. The molecule has 0 saturated heterocycles. The zero-order chi connectivity index (χ0) is 13.8. The van der Waals surface area contributed by atoms with Gasteiger partial charge in [0.15, 0.2) is 0 Å². The lowest BCUT2D eigenvalue weighted by Gasteiger charge is -2.17. The molecule has 0 heterocycles. The van der Waals surface area contributed by atoms with Crippen LogP contribution >= 0.6 is 0 Å². The van der Waals surface area contributed by atoms with Gasteiger partial charge in [0.05, 0.1) is 11.7 Å². The minimum Gasteiger partial charge on any atom is -0.185 e. The number of benzene rings is 2. The first-order chi connectivity index (χ1) is 10.4. The standard InChI is InChI=1S/C19H18N2/c1-3-7-12(8-4-1)16-15-11-14-17(16)18(14)19(15)21-20-13-9-5-2-6-10-13/h1-10,14-19H,11H2/t14?,15?,16-,17?,18?,19?/m0/s1. The Bertz CT molecular complexity index is 679. The van der Waals surface area contributed by atoms with E-state index in [0.717, 1.165) is 35.3 Å². The van der Waals surface area contributed by atoms with Gasteiger partial charge in [-0.2, -0.15) is 10.2 Å². The molecule has 2 heteroatoms. The maximum atomic E-state index is 4.74. The molecule has 104 valence electrons. The van der Waals surface area contributed by atoms with Gasteiger partial charge in [-0.25, -0.2) is 0 Å². The van der Waals surface area contributed by atoms with E-state index in [9.17, 15) is 0 Å². The van der Waals surface area contributed by atoms with E-state index in [2.05, 4.69) is 35.4 Å². The van der Waals surface area contributed by atoms with Crippen LogP contribution in [0.15, 0.2) is 70.9 Å². The van der Waals surface area contributed by atoms with Crippen molar-refractivity contribution in [2.45, 2.75) is 18.4 Å². The molecule has 2 nitrogen and oxygen atoms in total. The fraction of sp³-hybridized carbons (Fsp3) is 0.368. The smallest absolute Gasteiger partial charge is 0.0852 e. The Morgan fingerprint density at radius 2 is 1.48 bits per heavy atom. The highest BCUT2D eigenvalue weighted by molar-refractivity contribution is 5.37. The number of rotatable bonds is 3. The maximum Gasteiger partial charge on any atom is 0.0852 e. The molecule has 0 amide bonds. The Kier molecular flexibility index (Phi) is 2.37. The SMILES string of the molecule is c1ccc(N=NC2C3C4CC2[C@H](c2ccccc2)C43)cc1. The number of hydrogen-bond acceptors (Lipinski definition) is 2. The van der Waals surface area contributed by atoms with Crippen LogP contribution < -0.4 is 0 Å². The van der Waals surface area contributed by atoms with Crippen LogP contribution in [0.2, 0.25) is 0 Å². The van der Waals surface area contributed by atoms with E-state index in [1.807, 2.05) is 30.3 Å². The zero-order valence-corrected chi connectivity index (χ0v) is 11.8. The molecular weight excluding hydrogens is 256 g/mol. The molecule has 4 aliphatic rings. The lowest BCUT2D eigenvalue weighted by atomic mass is 9.89. The number of azo groups is 1. The van der Waals surface area contributed by atoms with Gasteiger partial charge < -0.3 is 0 Å². The molecule has 0 aromatic heterocycles. The minimum atomic E-state index is 0.463. The second-order valence-corrected chi connectivity index (χ2v) is 6.70. The highest BCUT2D eigenvalue weighted by Crippen LogP contribution is 2.76. The topological polar surface area (TPSA) is 24.7 Å². The Morgan fingerprint density at radius 1 is 0.762 bits per heavy atom. The van der Waals surface area contributed by atoms with E-state index in [-0.39, 0.29) is 0 Å². The van der Waals surface area contributed by atoms with E-state index >= 15 is 0 Å². The first-order valence-electron chi connectivity index (χ1n) is 7.94. The summed E-state index contributed by atoms with van der Waals surface area (Å²) in [4.78, 5) is 0. The van der Waals surface area contributed by atoms with Crippen molar-refractivity contribution in [2.75, 3.05) is 0 Å². The van der Waals surface area contributed by atoms with Crippen molar-refractivity contribution >= 4 is 5.69 Å². The first-order valence-corrected chi connectivity index (χ1v) is 7.94. The maximum absolute atomic E-state index is 4.74. The molecule has 4 aliphatic carbocycles. The third-order valence-corrected chi connectivity index (χ3v) is 5.79. The predicted molar refractivity (Wildman–Crippen MR) is 82.5 cm³/mol. The van der Waals surface area contributed by atoms with Crippen LogP contribution in [0.5, 0.6) is 0 Å². The third kappa shape index (κ3) is 1.65. The molecule has 2 aromatic rings. The van der Waals surface area contributed by atoms with Gasteiger partial charge in [-0.3, -0.25) is 0 Å². The van der Waals surface area contributed by atoms with Gasteiger partial charge in [-0.05, 0) is 53.7 Å². The second kappa shape index (κ2) is 4.27. The Labute approximate surface area is 124 Å². The van der Waals surface area contributed by atoms with E-state index in [0.29, 0.717) is 6.04 Å². The van der Waals surface area contributed by atoms with Crippen molar-refractivity contribution in [3.05, 3.63) is 66.2 Å². The van der Waals surface area contributed by atoms with Crippen LogP contribution in [0.25, 0.3) is 0 Å². The summed E-state index contributed by atoms with van der Waals surface area (Å²) in [7, 11) is 0. The molecule has 4 bridgehead atoms. The van der Waals surface area contributed by atoms with Crippen LogP contribution in [0, 0.1) is 23.7 Å². The molecule has 6 rings (SSSR count). The summed E-state index contributed by atoms with van der Waals surface area (Å²) in [6.07, 6.45) is 1.37. The molecular formula is C19H18N2. The highest BCUT2D eigenvalue weighted by Gasteiger charge is 2.73. The zero-order valence-electron chi connectivity index (χ0n) is 11.8. The molecule has 2 aromatic carbocycles. The Balaban J connectivity index is 1.41. The Hall–Kier alpha value is -1.96. The molecule has 21 heavy (non-hydrogen) atoms. The van der Waals surface area contributed by atoms with Gasteiger partial charge >= 0.3 is 0 Å². The van der Waals surface area contributed by atoms with Gasteiger partial charge in [0, 0.05) is 0 Å². The fourth-order valence-electron chi connectivity index (χ4n) is 5.05. The molecule has 5 unspecified atom stereocenters. The number of hydrogen-bond donors (Lipinski definition) is 0. The largest absolute Gasteiger partial charge is 0.185 e. The van der Waals surface area contributed by atoms with Crippen molar-refractivity contribution < 1.29 is 0 Å². The fourth-order valence-corrected chi connectivity index (χ4v) is 5.05. The predicted octanol–water partition coefficient (Wildman–Crippen LogP) is 4.82. The van der Waals surface area contributed by atoms with Crippen molar-refractivity contribution in [3.63, 3.8) is 0 Å². The molecule has 0 spiro atoms. The Morgan fingerprint density at radius 3 is 2.19 bits per heavy atom. The van der Waals surface area contributed by atoms with E-state index in [1.54, 1.807) is 0 Å². The van der Waals surface area contributed by atoms with Crippen LogP contribution in [-0.2, 0) is 0 Å². The quantitative estimate of drug-likeness (QED) is 0.717. The summed E-state index contributed by atoms with van der Waals surface area (Å²) in [6.45, 7) is 0. The number of nitrogens with zero attached hydrogens (tertiary/aromatic N) is 2. The van der Waals surface area contributed by atoms with Gasteiger partial charge in [0.1, 0.15) is 0 Å². The van der Waals surface area contributed by atoms with Gasteiger partial charge in [-0.15, -0.1) is 0 Å². The monoisotopic (exact) mass is 274 g/mol. The summed E-state index contributed by atoms with van der Waals surface area (Å²) >= 11 is 0. The van der Waals surface area contributed by atoms with Gasteiger partial charge in [0.2, 0.25) is 0 Å². The van der Waals surface area contributed by atoms with Crippen molar-refractivity contribution in [3.8, 4) is 0 Å². The summed E-state index contributed by atoms with van der Waals surface area (Å²) < 4.78 is 0. The van der Waals surface area contributed by atoms with E-state index in [4.69, 9.17) is 5.11 Å². The summed E-state index contributed by atoms with van der Waals surface area (Å²) in [5.74, 6) is 4.09. The summed E-state index contributed by atoms with van der Waals surface area (Å²) in [5, 5.41) is 9.24. The average molecular weight is 274 g/mol. The molecule has 4 saturated carbocycles. The minimum absolute atomic E-state index is 0.463. The molecule has 0 N–H and O–H groups in total. The summed E-state index contributed by atoms with van der Waals surface area (Å²) in [5.41, 5.74) is 2.50. The van der Waals surface area contributed by atoms with E-state index < -0.39 is 0 Å². The van der Waals surface area contributed by atoms with Crippen molar-refractivity contribution in [1.29, 1.82) is 0 Å². The van der Waals surface area contributed by atoms with Crippen LogP contribution in [0.1, 0.15) is 17.9 Å². The highest BCUT2D eigenvalue weighted by atomic mass is 15.2. The molecule has 0 radical (unpaired) electrons. The van der Waals surface area contributed by atoms with Crippen LogP contribution in [0.4, 0.5) is 5.69 Å². The third-order valence-electron chi connectivity index (χ3n) is 5.79. The van der Waals surface area contributed by atoms with Crippen molar-refractivity contribution in [2.24, 2.45) is 33.9 Å². The lowest BCUT2D eigenvalue weighted by Crippen LogP contribution is -2.13. The molecule has 4 fully saturated rings.